The van der Waals surface area contributed by atoms with Crippen LogP contribution in [-0.4, -0.2) is 17.1 Å². The molecule has 1 atom stereocenters. The van der Waals surface area contributed by atoms with Gasteiger partial charge in [-0.15, -0.1) is 22.7 Å². The lowest BCUT2D eigenvalue weighted by Gasteiger charge is -2.12. The highest BCUT2D eigenvalue weighted by Gasteiger charge is 2.38. The summed E-state index contributed by atoms with van der Waals surface area (Å²) in [6, 6.07) is 5.17. The molecule has 2 heterocycles. The largest absolute Gasteiger partial charge is 0.411 e. The van der Waals surface area contributed by atoms with Gasteiger partial charge >= 0.3 is 6.18 Å². The highest BCUT2D eigenvalue weighted by Crippen LogP contribution is 2.33. The van der Waals surface area contributed by atoms with Crippen molar-refractivity contribution < 1.29 is 18.4 Å². The Labute approximate surface area is 134 Å². The predicted octanol–water partition coefficient (Wildman–Crippen LogP) is 4.87. The number of halogens is 3. The molecule has 0 aromatic carbocycles. The second-order valence-corrected chi connectivity index (χ2v) is 7.17. The van der Waals surface area contributed by atoms with E-state index >= 15 is 0 Å². The van der Waals surface area contributed by atoms with Gasteiger partial charge in [-0.05, 0) is 45.0 Å². The number of nitrogens with zero attached hydrogens (tertiary/aromatic N) is 1. The van der Waals surface area contributed by atoms with Crippen LogP contribution in [0.15, 0.2) is 29.4 Å². The normalized spacial score (nSPS) is 13.5. The predicted molar refractivity (Wildman–Crippen MR) is 85.1 cm³/mol. The van der Waals surface area contributed by atoms with Crippen LogP contribution in [0.1, 0.15) is 32.5 Å². The Bertz CT molecular complexity index is 632. The molecule has 0 bridgehead atoms. The van der Waals surface area contributed by atoms with Crippen molar-refractivity contribution in [3.8, 4) is 0 Å². The summed E-state index contributed by atoms with van der Waals surface area (Å²) in [4.78, 5) is 3.27. The zero-order valence-corrected chi connectivity index (χ0v) is 13.9. The molecule has 0 fully saturated rings. The maximum Gasteiger partial charge on any atom is 0.408 e. The molecule has 0 saturated carbocycles. The van der Waals surface area contributed by atoms with Gasteiger partial charge in [-0.2, -0.15) is 13.2 Å². The van der Waals surface area contributed by atoms with Crippen molar-refractivity contribution in [1.82, 2.24) is 0 Å². The van der Waals surface area contributed by atoms with Crippen LogP contribution in [0.2, 0.25) is 0 Å². The third-order valence-electron chi connectivity index (χ3n) is 2.67. The Morgan fingerprint density at radius 2 is 1.68 bits per heavy atom. The van der Waals surface area contributed by atoms with Crippen LogP contribution in [0.4, 0.5) is 13.2 Å². The summed E-state index contributed by atoms with van der Waals surface area (Å²) in [6.45, 7) is 5.56. The minimum absolute atomic E-state index is 0.167. The summed E-state index contributed by atoms with van der Waals surface area (Å²) in [7, 11) is 0. The monoisotopic (exact) mass is 350 g/mol. The highest BCUT2D eigenvalue weighted by atomic mass is 32.1. The summed E-state index contributed by atoms with van der Waals surface area (Å²) < 4.78 is 36.1. The van der Waals surface area contributed by atoms with E-state index in [-0.39, 0.29) is 4.88 Å². The van der Waals surface area contributed by atoms with Crippen molar-refractivity contribution in [2.24, 2.45) is 10.9 Å². The van der Waals surface area contributed by atoms with E-state index in [1.807, 2.05) is 19.1 Å². The standard InChI is InChI=1S/C7H8F3NS.C7H9NOS/c1-4-2-3-5(12-4)6(11)7(8,9)10;1-5-3-4-7(10-5)6(2)8-9/h2-3,6H,11H2,1H3;3-4,9H,1-2H3/b;8-6+. The molecule has 3 nitrogen and oxygen atoms in total. The molecule has 22 heavy (non-hydrogen) atoms. The first-order valence-corrected chi connectivity index (χ1v) is 7.92. The topological polar surface area (TPSA) is 58.6 Å². The van der Waals surface area contributed by atoms with Crippen LogP contribution in [-0.2, 0) is 0 Å². The van der Waals surface area contributed by atoms with Gasteiger partial charge in [0.2, 0.25) is 0 Å². The van der Waals surface area contributed by atoms with Gasteiger partial charge in [-0.3, -0.25) is 0 Å². The van der Waals surface area contributed by atoms with Crippen molar-refractivity contribution in [3.05, 3.63) is 43.8 Å². The lowest BCUT2D eigenvalue weighted by molar-refractivity contribution is -0.148. The molecular weight excluding hydrogens is 333 g/mol. The molecule has 122 valence electrons. The molecule has 0 aliphatic heterocycles. The quantitative estimate of drug-likeness (QED) is 0.461. The number of nitrogens with two attached hydrogens (primary N) is 1. The number of hydrogen-bond acceptors (Lipinski definition) is 5. The summed E-state index contributed by atoms with van der Waals surface area (Å²) in [5, 5.41) is 11.5. The maximum absolute atomic E-state index is 12.0. The number of thiophene rings is 2. The summed E-state index contributed by atoms with van der Waals surface area (Å²) in [5.41, 5.74) is 5.65. The fraction of sp³-hybridized carbons (Fsp3) is 0.357. The second-order valence-electron chi connectivity index (χ2n) is 4.56. The number of hydrogen-bond donors (Lipinski definition) is 2. The minimum Gasteiger partial charge on any atom is -0.411 e. The lowest BCUT2D eigenvalue weighted by Crippen LogP contribution is -2.27. The van der Waals surface area contributed by atoms with Gasteiger partial charge in [-0.1, -0.05) is 5.16 Å². The smallest absolute Gasteiger partial charge is 0.408 e. The first-order valence-electron chi connectivity index (χ1n) is 6.29. The Hall–Kier alpha value is -1.38. The third-order valence-corrected chi connectivity index (χ3v) is 4.86. The molecule has 1 unspecified atom stereocenters. The van der Waals surface area contributed by atoms with Crippen molar-refractivity contribution >= 4 is 28.4 Å². The number of rotatable bonds is 2. The fourth-order valence-corrected chi connectivity index (χ4v) is 3.17. The van der Waals surface area contributed by atoms with Crippen LogP contribution < -0.4 is 5.73 Å². The molecule has 8 heteroatoms. The van der Waals surface area contributed by atoms with Crippen LogP contribution in [0.5, 0.6) is 0 Å². The maximum atomic E-state index is 12.0. The first kappa shape index (κ1) is 18.7. The third kappa shape index (κ3) is 5.43. The molecule has 2 rings (SSSR count). The first-order chi connectivity index (χ1) is 10.1. The van der Waals surface area contributed by atoms with E-state index in [2.05, 4.69) is 5.16 Å². The van der Waals surface area contributed by atoms with Crippen molar-refractivity contribution in [1.29, 1.82) is 0 Å². The summed E-state index contributed by atoms with van der Waals surface area (Å²) in [6.07, 6.45) is -4.34. The Kier molecular flexibility index (Phi) is 6.58. The molecule has 3 N–H and O–H groups in total. The molecule has 0 radical (unpaired) electrons. The van der Waals surface area contributed by atoms with E-state index in [1.54, 1.807) is 31.3 Å². The molecule has 0 spiro atoms. The lowest BCUT2D eigenvalue weighted by atomic mass is 10.2. The van der Waals surface area contributed by atoms with Gasteiger partial charge in [0.15, 0.2) is 0 Å². The fourth-order valence-electron chi connectivity index (χ4n) is 1.46. The van der Waals surface area contributed by atoms with E-state index in [9.17, 15) is 13.2 Å². The number of oxime groups is 1. The summed E-state index contributed by atoms with van der Waals surface area (Å²) in [5.74, 6) is 0. The van der Waals surface area contributed by atoms with Crippen LogP contribution in [0.25, 0.3) is 0 Å². The molecule has 0 aliphatic carbocycles. The molecule has 0 saturated heterocycles. The average molecular weight is 350 g/mol. The molecule has 0 aliphatic rings. The van der Waals surface area contributed by atoms with Crippen LogP contribution in [0.3, 0.4) is 0 Å². The van der Waals surface area contributed by atoms with Crippen LogP contribution >= 0.6 is 22.7 Å². The molecule has 0 amide bonds. The van der Waals surface area contributed by atoms with Gasteiger partial charge in [0.1, 0.15) is 6.04 Å². The van der Waals surface area contributed by atoms with E-state index in [0.29, 0.717) is 5.71 Å². The van der Waals surface area contributed by atoms with Gasteiger partial charge in [0, 0.05) is 14.6 Å². The Morgan fingerprint density at radius 1 is 1.14 bits per heavy atom. The molecule has 2 aromatic rings. The van der Waals surface area contributed by atoms with Gasteiger partial charge in [-0.25, -0.2) is 0 Å². The van der Waals surface area contributed by atoms with E-state index < -0.39 is 12.2 Å². The Morgan fingerprint density at radius 3 is 2.05 bits per heavy atom. The van der Waals surface area contributed by atoms with Crippen molar-refractivity contribution in [2.75, 3.05) is 0 Å². The Balaban J connectivity index is 0.000000224. The number of aryl methyl sites for hydroxylation is 2. The zero-order valence-electron chi connectivity index (χ0n) is 12.3. The minimum atomic E-state index is -4.34. The second kappa shape index (κ2) is 7.75. The highest BCUT2D eigenvalue weighted by molar-refractivity contribution is 7.14. The van der Waals surface area contributed by atoms with Gasteiger partial charge in [0.25, 0.3) is 0 Å². The van der Waals surface area contributed by atoms with E-state index in [0.717, 1.165) is 21.1 Å². The van der Waals surface area contributed by atoms with E-state index in [1.165, 1.54) is 10.9 Å². The van der Waals surface area contributed by atoms with Gasteiger partial charge in [0.05, 0.1) is 10.6 Å². The molecule has 2 aromatic heterocycles. The zero-order chi connectivity index (χ0) is 16.9. The van der Waals surface area contributed by atoms with E-state index in [4.69, 9.17) is 10.9 Å². The molecular formula is C14H17F3N2OS2. The van der Waals surface area contributed by atoms with Crippen LogP contribution in [0, 0.1) is 13.8 Å². The summed E-state index contributed by atoms with van der Waals surface area (Å²) >= 11 is 2.71. The van der Waals surface area contributed by atoms with Crippen molar-refractivity contribution in [3.63, 3.8) is 0 Å². The van der Waals surface area contributed by atoms with Gasteiger partial charge < -0.3 is 10.9 Å². The average Bonchev–Trinajstić information content (AvgIpc) is 3.05. The number of alkyl halides is 3. The van der Waals surface area contributed by atoms with Crippen molar-refractivity contribution in [2.45, 2.75) is 33.0 Å². The SMILES string of the molecule is C/C(=N\O)c1ccc(C)s1.Cc1ccc(C(N)C(F)(F)F)s1.